The number of aliphatic carboxylic acids is 1. The highest BCUT2D eigenvalue weighted by atomic mass is 35.5. The molecular weight excluding hydrogens is 542 g/mol. The summed E-state index contributed by atoms with van der Waals surface area (Å²) >= 11 is 6.20. The molecule has 1 fully saturated rings. The molecular formula is C32H34ClN3O5. The van der Waals surface area contributed by atoms with Gasteiger partial charge in [-0.1, -0.05) is 80.0 Å². The maximum atomic E-state index is 13.8. The summed E-state index contributed by atoms with van der Waals surface area (Å²) < 4.78 is 0. The molecule has 3 atom stereocenters. The Morgan fingerprint density at radius 3 is 2.20 bits per heavy atom. The van der Waals surface area contributed by atoms with Crippen molar-refractivity contribution < 1.29 is 24.3 Å². The van der Waals surface area contributed by atoms with Gasteiger partial charge in [-0.25, -0.2) is 4.79 Å². The van der Waals surface area contributed by atoms with Crippen LogP contribution in [0.15, 0.2) is 72.8 Å². The van der Waals surface area contributed by atoms with E-state index in [0.29, 0.717) is 23.2 Å². The summed E-state index contributed by atoms with van der Waals surface area (Å²) in [6, 6.07) is 19.6. The molecule has 4 rings (SSSR count). The molecule has 3 amide bonds. The van der Waals surface area contributed by atoms with Gasteiger partial charge < -0.3 is 15.3 Å². The van der Waals surface area contributed by atoms with Gasteiger partial charge in [-0.3, -0.25) is 19.3 Å². The third-order valence-corrected chi connectivity index (χ3v) is 7.54. The van der Waals surface area contributed by atoms with Crippen LogP contribution in [0.2, 0.25) is 5.02 Å². The monoisotopic (exact) mass is 575 g/mol. The van der Waals surface area contributed by atoms with Crippen LogP contribution in [0, 0.1) is 12.8 Å². The summed E-state index contributed by atoms with van der Waals surface area (Å²) in [6.07, 6.45) is -0.0572. The zero-order valence-electron chi connectivity index (χ0n) is 23.5. The largest absolute Gasteiger partial charge is 0.480 e. The Labute approximate surface area is 244 Å². The first-order chi connectivity index (χ1) is 19.5. The summed E-state index contributed by atoms with van der Waals surface area (Å²) in [5.74, 6) is -1.90. The van der Waals surface area contributed by atoms with Crippen molar-refractivity contribution in [3.63, 3.8) is 0 Å². The third kappa shape index (κ3) is 6.43. The fraction of sp³-hybridized carbons (Fsp3) is 0.312. The fourth-order valence-electron chi connectivity index (χ4n) is 5.33. The SMILES string of the molecule is CC(=O)N1C(CC(C)C)C(=O)N(c2ccc(CC(NC(=O)c3c(C)cccc3Cl)C(=O)O)cc2)C1c1ccccc1. The average molecular weight is 576 g/mol. The number of carbonyl (C=O) groups excluding carboxylic acids is 3. The zero-order chi connectivity index (χ0) is 29.8. The average Bonchev–Trinajstić information content (AvgIpc) is 3.20. The molecule has 1 saturated heterocycles. The van der Waals surface area contributed by atoms with Gasteiger partial charge in [-0.15, -0.1) is 0 Å². The number of halogens is 1. The molecule has 1 heterocycles. The van der Waals surface area contributed by atoms with Gasteiger partial charge in [0.2, 0.25) is 5.91 Å². The van der Waals surface area contributed by atoms with Crippen LogP contribution in [0.4, 0.5) is 5.69 Å². The molecule has 2 N–H and O–H groups in total. The maximum absolute atomic E-state index is 13.8. The van der Waals surface area contributed by atoms with Gasteiger partial charge in [0.05, 0.1) is 10.6 Å². The van der Waals surface area contributed by atoms with Crippen LogP contribution in [0.3, 0.4) is 0 Å². The molecule has 0 aromatic heterocycles. The lowest BCUT2D eigenvalue weighted by atomic mass is 10.0. The first-order valence-electron chi connectivity index (χ1n) is 13.5. The molecule has 1 aliphatic heterocycles. The van der Waals surface area contributed by atoms with E-state index in [1.165, 1.54) is 6.92 Å². The van der Waals surface area contributed by atoms with Crippen LogP contribution in [-0.4, -0.2) is 45.8 Å². The van der Waals surface area contributed by atoms with E-state index < -0.39 is 30.1 Å². The Balaban J connectivity index is 1.61. The molecule has 3 aromatic rings. The standard InChI is InChI=1S/C32H34ClN3O5/c1-19(2)17-27-31(39)36(30(35(27)21(4)37)23-10-6-5-7-11-23)24-15-13-22(14-16-24)18-26(32(40)41)34-29(38)28-20(3)9-8-12-25(28)33/h5-16,19,26-27,30H,17-18H2,1-4H3,(H,34,38)(H,40,41). The second-order valence-corrected chi connectivity index (χ2v) is 11.1. The number of anilines is 1. The van der Waals surface area contributed by atoms with Gasteiger partial charge in [-0.2, -0.15) is 0 Å². The van der Waals surface area contributed by atoms with Crippen LogP contribution < -0.4 is 10.2 Å². The number of hydrogen-bond donors (Lipinski definition) is 2. The van der Waals surface area contributed by atoms with Crippen LogP contribution in [0.25, 0.3) is 0 Å². The summed E-state index contributed by atoms with van der Waals surface area (Å²) in [6.45, 7) is 7.25. The topological polar surface area (TPSA) is 107 Å². The van der Waals surface area contributed by atoms with E-state index >= 15 is 0 Å². The van der Waals surface area contributed by atoms with E-state index in [0.717, 1.165) is 5.56 Å². The number of hydrogen-bond acceptors (Lipinski definition) is 4. The van der Waals surface area contributed by atoms with E-state index in [9.17, 15) is 24.3 Å². The normalized spacial score (nSPS) is 17.6. The lowest BCUT2D eigenvalue weighted by molar-refractivity contribution is -0.139. The Kier molecular flexibility index (Phi) is 9.13. The zero-order valence-corrected chi connectivity index (χ0v) is 24.3. The van der Waals surface area contributed by atoms with Crippen molar-refractivity contribution in [3.8, 4) is 0 Å². The van der Waals surface area contributed by atoms with E-state index in [1.807, 2.05) is 44.2 Å². The van der Waals surface area contributed by atoms with E-state index in [4.69, 9.17) is 11.6 Å². The van der Waals surface area contributed by atoms with Crippen molar-refractivity contribution in [1.82, 2.24) is 10.2 Å². The molecule has 1 aliphatic rings. The Hall–Kier alpha value is -4.17. The van der Waals surface area contributed by atoms with Crippen molar-refractivity contribution in [2.75, 3.05) is 4.90 Å². The van der Waals surface area contributed by atoms with Crippen LogP contribution >= 0.6 is 11.6 Å². The predicted octanol–water partition coefficient (Wildman–Crippen LogP) is 5.38. The highest BCUT2D eigenvalue weighted by Crippen LogP contribution is 2.40. The smallest absolute Gasteiger partial charge is 0.326 e. The fourth-order valence-corrected chi connectivity index (χ4v) is 5.64. The predicted molar refractivity (Wildman–Crippen MR) is 158 cm³/mol. The molecule has 3 aromatic carbocycles. The van der Waals surface area contributed by atoms with Gasteiger partial charge in [-0.05, 0) is 54.2 Å². The molecule has 0 aliphatic carbocycles. The summed E-state index contributed by atoms with van der Waals surface area (Å²) in [5.41, 5.74) is 2.94. The van der Waals surface area contributed by atoms with Gasteiger partial charge in [0, 0.05) is 19.0 Å². The Morgan fingerprint density at radius 1 is 0.976 bits per heavy atom. The van der Waals surface area contributed by atoms with Crippen molar-refractivity contribution >= 4 is 41.0 Å². The van der Waals surface area contributed by atoms with Crippen LogP contribution in [0.1, 0.15) is 60.4 Å². The molecule has 214 valence electrons. The summed E-state index contributed by atoms with van der Waals surface area (Å²) in [7, 11) is 0. The van der Waals surface area contributed by atoms with Crippen molar-refractivity contribution in [3.05, 3.63) is 100 Å². The third-order valence-electron chi connectivity index (χ3n) is 7.23. The number of aryl methyl sites for hydroxylation is 1. The highest BCUT2D eigenvalue weighted by Gasteiger charge is 2.48. The van der Waals surface area contributed by atoms with Gasteiger partial charge in [0.15, 0.2) is 0 Å². The Bertz CT molecular complexity index is 1420. The minimum atomic E-state index is -1.20. The van der Waals surface area contributed by atoms with Crippen molar-refractivity contribution in [1.29, 1.82) is 0 Å². The van der Waals surface area contributed by atoms with E-state index in [1.54, 1.807) is 59.2 Å². The molecule has 41 heavy (non-hydrogen) atoms. The number of nitrogens with zero attached hydrogens (tertiary/aromatic N) is 2. The number of carboxylic acid groups (broad SMARTS) is 1. The molecule has 0 saturated carbocycles. The molecule has 0 bridgehead atoms. The Morgan fingerprint density at radius 2 is 1.63 bits per heavy atom. The molecule has 3 unspecified atom stereocenters. The van der Waals surface area contributed by atoms with Crippen LogP contribution in [-0.2, 0) is 20.8 Å². The number of carboxylic acids is 1. The lowest BCUT2D eigenvalue weighted by Gasteiger charge is -2.31. The van der Waals surface area contributed by atoms with Gasteiger partial charge in [0.1, 0.15) is 18.2 Å². The van der Waals surface area contributed by atoms with Gasteiger partial charge in [0.25, 0.3) is 11.8 Å². The second-order valence-electron chi connectivity index (χ2n) is 10.7. The van der Waals surface area contributed by atoms with E-state index in [2.05, 4.69) is 5.32 Å². The molecule has 9 heteroatoms. The summed E-state index contributed by atoms with van der Waals surface area (Å²) in [5, 5.41) is 12.7. The second kappa shape index (κ2) is 12.6. The quantitative estimate of drug-likeness (QED) is 0.356. The van der Waals surface area contributed by atoms with Gasteiger partial charge >= 0.3 is 5.97 Å². The molecule has 0 radical (unpaired) electrons. The first-order valence-corrected chi connectivity index (χ1v) is 13.9. The number of carbonyl (C=O) groups is 4. The summed E-state index contributed by atoms with van der Waals surface area (Å²) in [4.78, 5) is 54.9. The minimum absolute atomic E-state index is 0.0243. The lowest BCUT2D eigenvalue weighted by Crippen LogP contribution is -2.42. The van der Waals surface area contributed by atoms with Crippen LogP contribution in [0.5, 0.6) is 0 Å². The molecule has 0 spiro atoms. The van der Waals surface area contributed by atoms with Crippen molar-refractivity contribution in [2.24, 2.45) is 5.92 Å². The maximum Gasteiger partial charge on any atom is 0.326 e. The number of nitrogens with one attached hydrogen (secondary N) is 1. The number of rotatable bonds is 9. The van der Waals surface area contributed by atoms with E-state index in [-0.39, 0.29) is 34.7 Å². The first kappa shape index (κ1) is 29.8. The number of amides is 3. The highest BCUT2D eigenvalue weighted by molar-refractivity contribution is 6.34. The molecule has 8 nitrogen and oxygen atoms in total. The van der Waals surface area contributed by atoms with Crippen molar-refractivity contribution in [2.45, 2.75) is 58.8 Å². The number of benzene rings is 3. The minimum Gasteiger partial charge on any atom is -0.480 e.